The monoisotopic (exact) mass is 240 g/mol. The average molecular weight is 240 g/mol. The van der Waals surface area contributed by atoms with Gasteiger partial charge in [0.2, 0.25) is 5.88 Å². The summed E-state index contributed by atoms with van der Waals surface area (Å²) in [7, 11) is 0. The fourth-order valence-corrected chi connectivity index (χ4v) is 1.26. The van der Waals surface area contributed by atoms with E-state index < -0.39 is 0 Å². The average Bonchev–Trinajstić information content (AvgIpc) is 2.26. The van der Waals surface area contributed by atoms with Gasteiger partial charge in [-0.1, -0.05) is 18.3 Å². The molecule has 1 rings (SSSR count). The molecule has 88 valence electrons. The number of ether oxygens (including phenoxy) is 2. The third-order valence-electron chi connectivity index (χ3n) is 1.85. The molecule has 0 fully saturated rings. The van der Waals surface area contributed by atoms with Gasteiger partial charge < -0.3 is 15.2 Å². The fraction of sp³-hybridized carbons (Fsp3) is 0.455. The van der Waals surface area contributed by atoms with Crippen molar-refractivity contribution in [2.24, 2.45) is 5.73 Å². The van der Waals surface area contributed by atoms with E-state index in [1.807, 2.05) is 19.9 Å². The summed E-state index contributed by atoms with van der Waals surface area (Å²) in [6, 6.07) is 5.33. The predicted octanol–water partition coefficient (Wildman–Crippen LogP) is 1.52. The molecule has 0 bridgehead atoms. The number of aromatic nitrogens is 1. The van der Waals surface area contributed by atoms with Crippen LogP contribution in [0.2, 0.25) is 0 Å². The predicted molar refractivity (Wildman–Crippen MR) is 66.7 cm³/mol. The maximum atomic E-state index is 5.56. The van der Waals surface area contributed by atoms with Crippen LogP contribution < -0.4 is 10.5 Å². The fourth-order valence-electron chi connectivity index (χ4n) is 1.14. The zero-order valence-corrected chi connectivity index (χ0v) is 10.3. The number of hydrogen-bond donors (Lipinski definition) is 1. The summed E-state index contributed by atoms with van der Waals surface area (Å²) in [6.45, 7) is 5.08. The molecule has 2 N–H and O–H groups in total. The van der Waals surface area contributed by atoms with Crippen molar-refractivity contribution < 1.29 is 9.47 Å². The van der Waals surface area contributed by atoms with Crippen molar-refractivity contribution in [3.05, 3.63) is 23.9 Å². The van der Waals surface area contributed by atoms with Crippen LogP contribution in [-0.4, -0.2) is 29.3 Å². The van der Waals surface area contributed by atoms with Gasteiger partial charge in [0.1, 0.15) is 16.8 Å². The van der Waals surface area contributed by atoms with E-state index in [1.165, 1.54) is 0 Å². The lowest BCUT2D eigenvalue weighted by molar-refractivity contribution is 0.0633. The molecule has 1 heterocycles. The molecule has 0 aliphatic heterocycles. The molecule has 0 saturated heterocycles. The highest BCUT2D eigenvalue weighted by atomic mass is 32.1. The summed E-state index contributed by atoms with van der Waals surface area (Å²) in [4.78, 5) is 4.44. The largest absolute Gasteiger partial charge is 0.472 e. The highest BCUT2D eigenvalue weighted by molar-refractivity contribution is 7.80. The molecule has 1 atom stereocenters. The third-order valence-corrected chi connectivity index (χ3v) is 2.06. The van der Waals surface area contributed by atoms with Crippen molar-refractivity contribution in [3.63, 3.8) is 0 Å². The van der Waals surface area contributed by atoms with E-state index in [1.54, 1.807) is 12.1 Å². The molecule has 1 aromatic rings. The topological polar surface area (TPSA) is 57.4 Å². The smallest absolute Gasteiger partial charge is 0.214 e. The zero-order valence-electron chi connectivity index (χ0n) is 9.47. The lowest BCUT2D eigenvalue weighted by atomic mass is 10.3. The van der Waals surface area contributed by atoms with Crippen LogP contribution in [0, 0.1) is 0 Å². The number of rotatable bonds is 6. The number of nitrogens with zero attached hydrogens (tertiary/aromatic N) is 1. The van der Waals surface area contributed by atoms with Crippen molar-refractivity contribution >= 4 is 17.2 Å². The first kappa shape index (κ1) is 12.9. The van der Waals surface area contributed by atoms with E-state index in [-0.39, 0.29) is 11.1 Å². The summed E-state index contributed by atoms with van der Waals surface area (Å²) < 4.78 is 10.8. The Hall–Kier alpha value is -1.20. The highest BCUT2D eigenvalue weighted by Gasteiger charge is 2.06. The second-order valence-electron chi connectivity index (χ2n) is 3.31. The standard InChI is InChI=1S/C11H16N2O2S/c1-3-14-7-8(2)15-10-6-4-5-9(13-10)11(12)16/h4-6,8H,3,7H2,1-2H3,(H2,12,16). The van der Waals surface area contributed by atoms with Gasteiger partial charge in [-0.25, -0.2) is 4.98 Å². The van der Waals surface area contributed by atoms with E-state index in [0.29, 0.717) is 24.8 Å². The number of hydrogen-bond acceptors (Lipinski definition) is 4. The molecular weight excluding hydrogens is 224 g/mol. The Morgan fingerprint density at radius 3 is 2.94 bits per heavy atom. The van der Waals surface area contributed by atoms with Crippen molar-refractivity contribution in [1.82, 2.24) is 4.98 Å². The summed E-state index contributed by atoms with van der Waals surface area (Å²) in [5, 5.41) is 0. The molecule has 0 aromatic carbocycles. The third kappa shape index (κ3) is 4.12. The van der Waals surface area contributed by atoms with Crippen molar-refractivity contribution in [1.29, 1.82) is 0 Å². The Bertz CT molecular complexity index is 358. The second-order valence-corrected chi connectivity index (χ2v) is 3.75. The number of nitrogens with two attached hydrogens (primary N) is 1. The normalized spacial score (nSPS) is 12.1. The second kappa shape index (κ2) is 6.40. The summed E-state index contributed by atoms with van der Waals surface area (Å²) >= 11 is 4.84. The van der Waals surface area contributed by atoms with Crippen LogP contribution in [0.3, 0.4) is 0 Å². The first-order valence-electron chi connectivity index (χ1n) is 5.14. The van der Waals surface area contributed by atoms with E-state index >= 15 is 0 Å². The van der Waals surface area contributed by atoms with Crippen LogP contribution >= 0.6 is 12.2 Å². The minimum Gasteiger partial charge on any atom is -0.472 e. The van der Waals surface area contributed by atoms with Crippen molar-refractivity contribution in [3.8, 4) is 5.88 Å². The summed E-state index contributed by atoms with van der Waals surface area (Å²) in [5.41, 5.74) is 6.05. The molecule has 16 heavy (non-hydrogen) atoms. The zero-order chi connectivity index (χ0) is 12.0. The van der Waals surface area contributed by atoms with E-state index in [4.69, 9.17) is 27.4 Å². The van der Waals surface area contributed by atoms with Gasteiger partial charge in [0.15, 0.2) is 0 Å². The molecular formula is C11H16N2O2S. The lowest BCUT2D eigenvalue weighted by Crippen LogP contribution is -2.20. The van der Waals surface area contributed by atoms with Crippen LogP contribution in [0.15, 0.2) is 18.2 Å². The van der Waals surface area contributed by atoms with Gasteiger partial charge in [-0.15, -0.1) is 0 Å². The summed E-state index contributed by atoms with van der Waals surface area (Å²) in [5.74, 6) is 0.512. The van der Waals surface area contributed by atoms with Crippen LogP contribution in [0.1, 0.15) is 19.5 Å². The van der Waals surface area contributed by atoms with Gasteiger partial charge in [0, 0.05) is 12.7 Å². The Morgan fingerprint density at radius 1 is 1.56 bits per heavy atom. The molecule has 4 nitrogen and oxygen atoms in total. The van der Waals surface area contributed by atoms with Gasteiger partial charge in [-0.05, 0) is 19.9 Å². The van der Waals surface area contributed by atoms with Gasteiger partial charge in [0.25, 0.3) is 0 Å². The Kier molecular flexibility index (Phi) is 5.14. The molecule has 1 unspecified atom stereocenters. The van der Waals surface area contributed by atoms with Crippen LogP contribution in [-0.2, 0) is 4.74 Å². The number of pyridine rings is 1. The van der Waals surface area contributed by atoms with Gasteiger partial charge >= 0.3 is 0 Å². The molecule has 0 spiro atoms. The molecule has 0 radical (unpaired) electrons. The molecule has 1 aromatic heterocycles. The van der Waals surface area contributed by atoms with Gasteiger partial charge in [-0.2, -0.15) is 0 Å². The maximum absolute atomic E-state index is 5.56. The van der Waals surface area contributed by atoms with E-state index in [9.17, 15) is 0 Å². The molecule has 0 saturated carbocycles. The van der Waals surface area contributed by atoms with Gasteiger partial charge in [-0.3, -0.25) is 0 Å². The van der Waals surface area contributed by atoms with E-state index in [0.717, 1.165) is 0 Å². The Balaban J connectivity index is 2.59. The lowest BCUT2D eigenvalue weighted by Gasteiger charge is -2.13. The van der Waals surface area contributed by atoms with Crippen molar-refractivity contribution in [2.45, 2.75) is 20.0 Å². The minimum absolute atomic E-state index is 0.0472. The Morgan fingerprint density at radius 2 is 2.31 bits per heavy atom. The first-order valence-corrected chi connectivity index (χ1v) is 5.55. The molecule has 0 aliphatic carbocycles. The molecule has 0 amide bonds. The van der Waals surface area contributed by atoms with Crippen LogP contribution in [0.5, 0.6) is 5.88 Å². The maximum Gasteiger partial charge on any atom is 0.214 e. The van der Waals surface area contributed by atoms with Crippen molar-refractivity contribution in [2.75, 3.05) is 13.2 Å². The SMILES string of the molecule is CCOCC(C)Oc1cccc(C(N)=S)n1. The molecule has 0 aliphatic rings. The first-order chi connectivity index (χ1) is 7.63. The highest BCUT2D eigenvalue weighted by Crippen LogP contribution is 2.09. The minimum atomic E-state index is -0.0472. The quantitative estimate of drug-likeness (QED) is 0.764. The van der Waals surface area contributed by atoms with E-state index in [2.05, 4.69) is 4.98 Å². The Labute approximate surface area is 101 Å². The van der Waals surface area contributed by atoms with Crippen LogP contribution in [0.25, 0.3) is 0 Å². The molecule has 5 heteroatoms. The summed E-state index contributed by atoms with van der Waals surface area (Å²) in [6.07, 6.45) is -0.0472. The van der Waals surface area contributed by atoms with Gasteiger partial charge in [0.05, 0.1) is 6.61 Å². The number of thiocarbonyl (C=S) groups is 1. The van der Waals surface area contributed by atoms with Crippen LogP contribution in [0.4, 0.5) is 0 Å².